The normalized spacial score (nSPS) is 19.9. The quantitative estimate of drug-likeness (QED) is 0.639. The Morgan fingerprint density at radius 3 is 2.59 bits per heavy atom. The van der Waals surface area contributed by atoms with Crippen LogP contribution in [0.1, 0.15) is 31.2 Å². The highest BCUT2D eigenvalue weighted by molar-refractivity contribution is 6.49. The fraction of sp³-hybridized carbons (Fsp3) is 0.412. The molecule has 0 bridgehead atoms. The lowest BCUT2D eigenvalue weighted by Gasteiger charge is -2.33. The maximum absolute atomic E-state index is 6.26. The Balaban J connectivity index is 1.74. The number of rotatable bonds is 4. The van der Waals surface area contributed by atoms with Gasteiger partial charge in [0.2, 0.25) is 4.46 Å². The largest absolute Gasteiger partial charge is 0.497 e. The summed E-state index contributed by atoms with van der Waals surface area (Å²) in [5.74, 6) is 1.64. The van der Waals surface area contributed by atoms with E-state index in [-0.39, 0.29) is 0 Å². The van der Waals surface area contributed by atoms with E-state index in [2.05, 4.69) is 5.32 Å². The summed E-state index contributed by atoms with van der Waals surface area (Å²) in [7, 11) is 1.66. The minimum atomic E-state index is -1.09. The van der Waals surface area contributed by atoms with Gasteiger partial charge >= 0.3 is 0 Å². The van der Waals surface area contributed by atoms with Crippen molar-refractivity contribution in [3.63, 3.8) is 0 Å². The van der Waals surface area contributed by atoms with Crippen LogP contribution in [0.25, 0.3) is 0 Å². The van der Waals surface area contributed by atoms with E-state index >= 15 is 0 Å². The molecule has 0 atom stereocenters. The Hall–Kier alpha value is -1.32. The number of dihydropyridines is 1. The molecule has 0 spiro atoms. The summed E-state index contributed by atoms with van der Waals surface area (Å²) in [6, 6.07) is 7.83. The van der Waals surface area contributed by atoms with Gasteiger partial charge in [-0.1, -0.05) is 35.3 Å². The summed E-state index contributed by atoms with van der Waals surface area (Å²) >= 11 is 12.5. The van der Waals surface area contributed by atoms with Gasteiger partial charge in [-0.2, -0.15) is 0 Å². The fourth-order valence-corrected chi connectivity index (χ4v) is 3.24. The maximum atomic E-state index is 6.26. The molecule has 1 aliphatic carbocycles. The molecular weight excluding hydrogens is 321 g/mol. The van der Waals surface area contributed by atoms with Crippen LogP contribution < -0.4 is 10.1 Å². The predicted octanol–water partition coefficient (Wildman–Crippen LogP) is 4.66. The lowest BCUT2D eigenvalue weighted by Crippen LogP contribution is -2.37. The molecule has 1 heterocycles. The monoisotopic (exact) mass is 339 g/mol. The molecule has 0 amide bonds. The first-order chi connectivity index (χ1) is 10.6. The van der Waals surface area contributed by atoms with Gasteiger partial charge in [0.1, 0.15) is 18.1 Å². The molecule has 118 valence electrons. The zero-order valence-corrected chi connectivity index (χ0v) is 14.0. The molecule has 3 rings (SSSR count). The smallest absolute Gasteiger partial charge is 0.211 e. The third-order valence-electron chi connectivity index (χ3n) is 3.95. The van der Waals surface area contributed by atoms with Crippen LogP contribution >= 0.6 is 23.2 Å². The molecule has 22 heavy (non-hydrogen) atoms. The molecule has 0 fully saturated rings. The van der Waals surface area contributed by atoms with Gasteiger partial charge in [0.05, 0.1) is 7.11 Å². The van der Waals surface area contributed by atoms with Crippen molar-refractivity contribution < 1.29 is 9.47 Å². The lowest BCUT2D eigenvalue weighted by atomic mass is 9.93. The van der Waals surface area contributed by atoms with Gasteiger partial charge in [0, 0.05) is 17.3 Å². The third-order valence-corrected chi connectivity index (χ3v) is 4.36. The maximum Gasteiger partial charge on any atom is 0.211 e. The van der Waals surface area contributed by atoms with E-state index in [4.69, 9.17) is 32.7 Å². The predicted molar refractivity (Wildman–Crippen MR) is 88.9 cm³/mol. The molecule has 1 N–H and O–H groups in total. The molecule has 1 aromatic carbocycles. The van der Waals surface area contributed by atoms with Crippen molar-refractivity contribution >= 4 is 23.2 Å². The molecular formula is C17H19Cl2NO2. The second-order valence-electron chi connectivity index (χ2n) is 5.56. The summed E-state index contributed by atoms with van der Waals surface area (Å²) in [6.45, 7) is 0.483. The molecule has 0 aromatic heterocycles. The molecule has 0 radical (unpaired) electrons. The van der Waals surface area contributed by atoms with Crippen LogP contribution in [0, 0.1) is 0 Å². The molecule has 1 aliphatic heterocycles. The molecule has 1 aromatic rings. The number of benzene rings is 1. The lowest BCUT2D eigenvalue weighted by molar-refractivity contribution is 0.199. The second kappa shape index (κ2) is 6.43. The third kappa shape index (κ3) is 3.53. The number of allylic oxidation sites excluding steroid dienone is 2. The summed E-state index contributed by atoms with van der Waals surface area (Å²) in [5, 5.41) is 3.18. The van der Waals surface area contributed by atoms with Crippen molar-refractivity contribution in [3.05, 3.63) is 52.9 Å². The number of halogens is 2. The highest BCUT2D eigenvalue weighted by atomic mass is 35.5. The number of methoxy groups -OCH3 is 1. The molecule has 3 nitrogen and oxygen atoms in total. The number of ether oxygens (including phenoxy) is 2. The SMILES string of the molecule is COc1ccc(COC2=CC(Cl)(Cl)NC3=C2CCCC3)cc1. The zero-order valence-electron chi connectivity index (χ0n) is 12.5. The zero-order chi connectivity index (χ0) is 15.6. The molecule has 0 unspecified atom stereocenters. The molecule has 5 heteroatoms. The Bertz CT molecular complexity index is 606. The Labute approximate surface area is 140 Å². The summed E-state index contributed by atoms with van der Waals surface area (Å²) < 4.78 is 10.1. The van der Waals surface area contributed by atoms with Crippen LogP contribution in [-0.4, -0.2) is 11.6 Å². The standard InChI is InChI=1S/C17H19Cl2NO2/c1-21-13-8-6-12(7-9-13)11-22-16-10-17(18,19)20-15-5-3-2-4-14(15)16/h6-10,20H,2-5,11H2,1H3. The summed E-state index contributed by atoms with van der Waals surface area (Å²) in [6.07, 6.45) is 6.05. The van der Waals surface area contributed by atoms with Crippen LogP contribution in [0.5, 0.6) is 5.75 Å². The Morgan fingerprint density at radius 1 is 1.14 bits per heavy atom. The van der Waals surface area contributed by atoms with E-state index in [0.29, 0.717) is 6.61 Å². The number of nitrogens with one attached hydrogen (secondary N) is 1. The van der Waals surface area contributed by atoms with Crippen molar-refractivity contribution in [3.8, 4) is 5.75 Å². The van der Waals surface area contributed by atoms with E-state index in [1.807, 2.05) is 24.3 Å². The van der Waals surface area contributed by atoms with Crippen LogP contribution in [0.2, 0.25) is 0 Å². The highest BCUT2D eigenvalue weighted by Gasteiger charge is 2.32. The van der Waals surface area contributed by atoms with Crippen molar-refractivity contribution in [1.29, 1.82) is 0 Å². The second-order valence-corrected chi connectivity index (χ2v) is 6.94. The van der Waals surface area contributed by atoms with E-state index in [9.17, 15) is 0 Å². The highest BCUT2D eigenvalue weighted by Crippen LogP contribution is 2.38. The van der Waals surface area contributed by atoms with E-state index in [0.717, 1.165) is 42.0 Å². The van der Waals surface area contributed by atoms with E-state index in [1.54, 1.807) is 13.2 Å². The molecule has 0 saturated heterocycles. The van der Waals surface area contributed by atoms with Gasteiger partial charge in [-0.25, -0.2) is 0 Å². The summed E-state index contributed by atoms with van der Waals surface area (Å²) in [5.41, 5.74) is 3.40. The minimum Gasteiger partial charge on any atom is -0.497 e. The van der Waals surface area contributed by atoms with Crippen molar-refractivity contribution in [2.24, 2.45) is 0 Å². The van der Waals surface area contributed by atoms with E-state index < -0.39 is 4.46 Å². The first kappa shape index (κ1) is 15.6. The topological polar surface area (TPSA) is 30.5 Å². The van der Waals surface area contributed by atoms with Crippen LogP contribution in [-0.2, 0) is 11.3 Å². The first-order valence-corrected chi connectivity index (χ1v) is 8.20. The molecule has 2 aliphatic rings. The van der Waals surface area contributed by atoms with Gasteiger partial charge < -0.3 is 14.8 Å². The average Bonchev–Trinajstić information content (AvgIpc) is 2.52. The van der Waals surface area contributed by atoms with Gasteiger partial charge in [0.25, 0.3) is 0 Å². The van der Waals surface area contributed by atoms with Crippen molar-refractivity contribution in [2.75, 3.05) is 7.11 Å². The fourth-order valence-electron chi connectivity index (χ4n) is 2.82. The number of hydrogen-bond acceptors (Lipinski definition) is 3. The Kier molecular flexibility index (Phi) is 4.55. The van der Waals surface area contributed by atoms with Crippen LogP contribution in [0.4, 0.5) is 0 Å². The first-order valence-electron chi connectivity index (χ1n) is 7.44. The Morgan fingerprint density at radius 2 is 1.86 bits per heavy atom. The summed E-state index contributed by atoms with van der Waals surface area (Å²) in [4.78, 5) is 0. The van der Waals surface area contributed by atoms with Gasteiger partial charge in [-0.3, -0.25) is 0 Å². The van der Waals surface area contributed by atoms with Crippen molar-refractivity contribution in [1.82, 2.24) is 5.32 Å². The minimum absolute atomic E-state index is 0.483. The number of alkyl halides is 2. The average molecular weight is 340 g/mol. The van der Waals surface area contributed by atoms with Crippen LogP contribution in [0.3, 0.4) is 0 Å². The van der Waals surface area contributed by atoms with Gasteiger partial charge in [0.15, 0.2) is 0 Å². The van der Waals surface area contributed by atoms with Gasteiger partial charge in [-0.15, -0.1) is 0 Å². The number of hydrogen-bond donors (Lipinski definition) is 1. The van der Waals surface area contributed by atoms with E-state index in [1.165, 1.54) is 12.0 Å². The van der Waals surface area contributed by atoms with Crippen molar-refractivity contribution in [2.45, 2.75) is 36.7 Å². The van der Waals surface area contributed by atoms with Crippen LogP contribution in [0.15, 0.2) is 47.4 Å². The van der Waals surface area contributed by atoms with Gasteiger partial charge in [-0.05, 0) is 43.4 Å². The molecule has 0 saturated carbocycles.